The second-order valence-electron chi connectivity index (χ2n) is 8.59. The van der Waals surface area contributed by atoms with E-state index < -0.39 is 22.1 Å². The van der Waals surface area contributed by atoms with E-state index >= 15 is 0 Å². The molecule has 1 atom stereocenters. The molecule has 1 aliphatic heterocycles. The topological polar surface area (TPSA) is 93.1 Å². The molecule has 0 bridgehead atoms. The van der Waals surface area contributed by atoms with Gasteiger partial charge in [0.2, 0.25) is 0 Å². The Bertz CT molecular complexity index is 1450. The number of hydrogen-bond acceptors (Lipinski definition) is 5. The molecule has 0 radical (unpaired) electrons. The van der Waals surface area contributed by atoms with E-state index in [0.29, 0.717) is 38.4 Å². The predicted molar refractivity (Wildman–Crippen MR) is 145 cm³/mol. The highest BCUT2D eigenvalue weighted by atomic mass is 35.5. The minimum atomic E-state index is -3.95. The summed E-state index contributed by atoms with van der Waals surface area (Å²) >= 11 is 12.7. The van der Waals surface area contributed by atoms with Gasteiger partial charge in [0.25, 0.3) is 10.0 Å². The lowest BCUT2D eigenvalue weighted by molar-refractivity contribution is -0.137. The molecule has 3 aromatic rings. The number of hydrogen-bond donors (Lipinski definition) is 1. The summed E-state index contributed by atoms with van der Waals surface area (Å²) in [5.74, 6) is -0.0816. The van der Waals surface area contributed by atoms with E-state index in [1.54, 1.807) is 60.7 Å². The second kappa shape index (κ2) is 11.0. The summed E-state index contributed by atoms with van der Waals surface area (Å²) in [6, 6.07) is 15.1. The third-order valence-corrected chi connectivity index (χ3v) is 8.30. The highest BCUT2D eigenvalue weighted by Crippen LogP contribution is 2.39. The van der Waals surface area contributed by atoms with Gasteiger partial charge in [0, 0.05) is 12.0 Å². The van der Waals surface area contributed by atoms with Crippen LogP contribution in [-0.2, 0) is 14.8 Å². The van der Waals surface area contributed by atoms with Crippen LogP contribution in [0.3, 0.4) is 0 Å². The molecule has 0 saturated heterocycles. The number of fused-ring (bicyclic) bond motifs is 1. The van der Waals surface area contributed by atoms with Gasteiger partial charge in [0.15, 0.2) is 0 Å². The van der Waals surface area contributed by atoms with E-state index in [1.165, 1.54) is 11.4 Å². The van der Waals surface area contributed by atoms with Crippen molar-refractivity contribution >= 4 is 57.0 Å². The van der Waals surface area contributed by atoms with Crippen molar-refractivity contribution in [2.75, 3.05) is 18.0 Å². The standard InChI is InChI=1S/C27H25Cl2NO6S/c1-17-4-3-5-21(12-17)37(33,34)30-16-19(8-11-27(31)32)36-26-10-7-18(13-25(26)30)6-9-22-23(28)14-20(35-2)15-24(22)29/h3-7,9-10,12-15,19H,8,11,16H2,1-2H3,(H,31,32)/b9-6+/t19-/m0/s1. The minimum absolute atomic E-state index is 0.0140. The van der Waals surface area contributed by atoms with Crippen molar-refractivity contribution in [3.8, 4) is 11.5 Å². The van der Waals surface area contributed by atoms with E-state index in [2.05, 4.69) is 0 Å². The molecule has 0 spiro atoms. The molecule has 0 aromatic heterocycles. The maximum Gasteiger partial charge on any atom is 0.303 e. The molecule has 10 heteroatoms. The average Bonchev–Trinajstić information content (AvgIpc) is 2.86. The normalized spacial score (nSPS) is 15.4. The fraction of sp³-hybridized carbons (Fsp3) is 0.222. The number of ether oxygens (including phenoxy) is 2. The molecule has 0 fully saturated rings. The van der Waals surface area contributed by atoms with Gasteiger partial charge in [-0.25, -0.2) is 8.42 Å². The van der Waals surface area contributed by atoms with E-state index in [1.807, 2.05) is 13.0 Å². The molecule has 7 nitrogen and oxygen atoms in total. The predicted octanol–water partition coefficient (Wildman–Crippen LogP) is 6.30. The van der Waals surface area contributed by atoms with Crippen LogP contribution < -0.4 is 13.8 Å². The summed E-state index contributed by atoms with van der Waals surface area (Å²) in [6.45, 7) is 1.81. The Kier molecular flexibility index (Phi) is 8.02. The van der Waals surface area contributed by atoms with Gasteiger partial charge in [-0.2, -0.15) is 0 Å². The number of carboxylic acids is 1. The minimum Gasteiger partial charge on any atom is -0.497 e. The fourth-order valence-corrected chi connectivity index (χ4v) is 6.21. The molecule has 1 N–H and O–H groups in total. The van der Waals surface area contributed by atoms with Crippen molar-refractivity contribution in [3.63, 3.8) is 0 Å². The molecule has 1 aliphatic rings. The van der Waals surface area contributed by atoms with E-state index in [9.17, 15) is 13.2 Å². The number of methoxy groups -OCH3 is 1. The third-order valence-electron chi connectivity index (χ3n) is 5.90. The molecular formula is C27H25Cl2NO6S. The molecular weight excluding hydrogens is 537 g/mol. The lowest BCUT2D eigenvalue weighted by Crippen LogP contribution is -2.43. The van der Waals surface area contributed by atoms with E-state index in [-0.39, 0.29) is 24.3 Å². The van der Waals surface area contributed by atoms with Crippen LogP contribution in [0.2, 0.25) is 10.0 Å². The molecule has 4 rings (SSSR count). The van der Waals surface area contributed by atoms with Gasteiger partial charge in [-0.1, -0.05) is 53.6 Å². The number of rotatable bonds is 8. The number of carboxylic acid groups (broad SMARTS) is 1. The van der Waals surface area contributed by atoms with Crippen LogP contribution in [0.15, 0.2) is 59.5 Å². The Morgan fingerprint density at radius 2 is 1.86 bits per heavy atom. The van der Waals surface area contributed by atoms with Crippen molar-refractivity contribution in [2.24, 2.45) is 0 Å². The van der Waals surface area contributed by atoms with Gasteiger partial charge in [-0.3, -0.25) is 9.10 Å². The van der Waals surface area contributed by atoms with Gasteiger partial charge >= 0.3 is 5.97 Å². The Morgan fingerprint density at radius 1 is 1.14 bits per heavy atom. The lowest BCUT2D eigenvalue weighted by atomic mass is 10.1. The van der Waals surface area contributed by atoms with Crippen LogP contribution in [0.4, 0.5) is 5.69 Å². The summed E-state index contributed by atoms with van der Waals surface area (Å²) in [5.41, 5.74) is 2.46. The first-order chi connectivity index (χ1) is 17.6. The number of carbonyl (C=O) groups is 1. The van der Waals surface area contributed by atoms with Crippen LogP contribution >= 0.6 is 23.2 Å². The average molecular weight is 562 g/mol. The van der Waals surface area contributed by atoms with E-state index in [4.69, 9.17) is 37.8 Å². The number of halogens is 2. The van der Waals surface area contributed by atoms with Gasteiger partial charge in [-0.05, 0) is 60.9 Å². The summed E-state index contributed by atoms with van der Waals surface area (Å²) in [5, 5.41) is 9.93. The quantitative estimate of drug-likeness (QED) is 0.324. The zero-order valence-corrected chi connectivity index (χ0v) is 22.5. The second-order valence-corrected chi connectivity index (χ2v) is 11.3. The van der Waals surface area contributed by atoms with Crippen LogP contribution in [0.1, 0.15) is 29.5 Å². The van der Waals surface area contributed by atoms with Crippen molar-refractivity contribution < 1.29 is 27.8 Å². The summed E-state index contributed by atoms with van der Waals surface area (Å²) in [6.07, 6.45) is 2.94. The zero-order valence-electron chi connectivity index (χ0n) is 20.1. The van der Waals surface area contributed by atoms with Gasteiger partial charge in [0.05, 0.1) is 34.3 Å². The third kappa shape index (κ3) is 6.04. The molecule has 0 saturated carbocycles. The first-order valence-corrected chi connectivity index (χ1v) is 13.6. The highest BCUT2D eigenvalue weighted by Gasteiger charge is 2.35. The van der Waals surface area contributed by atoms with Crippen LogP contribution in [-0.4, -0.2) is 39.3 Å². The monoisotopic (exact) mass is 561 g/mol. The maximum atomic E-state index is 13.7. The van der Waals surface area contributed by atoms with Gasteiger partial charge < -0.3 is 14.6 Å². The molecule has 3 aromatic carbocycles. The first-order valence-electron chi connectivity index (χ1n) is 11.4. The molecule has 0 amide bonds. The van der Waals surface area contributed by atoms with Gasteiger partial charge in [-0.15, -0.1) is 0 Å². The SMILES string of the molecule is COc1cc(Cl)c(/C=C/c2ccc3c(c2)N(S(=O)(=O)c2cccc(C)c2)C[C@H](CCC(=O)O)O3)c(Cl)c1. The van der Waals surface area contributed by atoms with Crippen molar-refractivity contribution in [2.45, 2.75) is 30.8 Å². The summed E-state index contributed by atoms with van der Waals surface area (Å²) < 4.78 is 39.9. The Labute approximate surface area is 225 Å². The van der Waals surface area contributed by atoms with Crippen LogP contribution in [0.5, 0.6) is 11.5 Å². The highest BCUT2D eigenvalue weighted by molar-refractivity contribution is 7.92. The number of aryl methyl sites for hydroxylation is 1. The van der Waals surface area contributed by atoms with Crippen LogP contribution in [0, 0.1) is 6.92 Å². The molecule has 0 aliphatic carbocycles. The molecule has 1 heterocycles. The number of nitrogens with zero attached hydrogens (tertiary/aromatic N) is 1. The molecule has 194 valence electrons. The van der Waals surface area contributed by atoms with E-state index in [0.717, 1.165) is 5.56 Å². The first kappa shape index (κ1) is 26.9. The number of aliphatic carboxylic acids is 1. The Morgan fingerprint density at radius 3 is 2.51 bits per heavy atom. The van der Waals surface area contributed by atoms with Crippen LogP contribution in [0.25, 0.3) is 12.2 Å². The zero-order chi connectivity index (χ0) is 26.7. The Balaban J connectivity index is 1.73. The van der Waals surface area contributed by atoms with Gasteiger partial charge in [0.1, 0.15) is 17.6 Å². The lowest BCUT2D eigenvalue weighted by Gasteiger charge is -2.35. The maximum absolute atomic E-state index is 13.7. The molecule has 0 unspecified atom stereocenters. The smallest absolute Gasteiger partial charge is 0.303 e. The molecule has 37 heavy (non-hydrogen) atoms. The van der Waals surface area contributed by atoms with Crippen molar-refractivity contribution in [1.82, 2.24) is 0 Å². The number of anilines is 1. The Hall–Kier alpha value is -3.20. The summed E-state index contributed by atoms with van der Waals surface area (Å²) in [4.78, 5) is 11.3. The van der Waals surface area contributed by atoms with Crippen molar-refractivity contribution in [1.29, 1.82) is 0 Å². The fourth-order valence-electron chi connectivity index (χ4n) is 4.02. The van der Waals surface area contributed by atoms with Crippen molar-refractivity contribution in [3.05, 3.63) is 81.3 Å². The number of sulfonamides is 1. The number of benzene rings is 3. The largest absolute Gasteiger partial charge is 0.497 e. The summed E-state index contributed by atoms with van der Waals surface area (Å²) in [7, 11) is -2.43.